The van der Waals surface area contributed by atoms with Crippen molar-refractivity contribution in [2.75, 3.05) is 34.5 Å². The molecule has 3 saturated heterocycles. The summed E-state index contributed by atoms with van der Waals surface area (Å²) in [5.41, 5.74) is 1.23. The number of hydrogen-bond acceptors (Lipinski definition) is 13. The van der Waals surface area contributed by atoms with Crippen LogP contribution in [0, 0.1) is 41.4 Å². The molecule has 0 aromatic rings. The van der Waals surface area contributed by atoms with Gasteiger partial charge in [-0.1, -0.05) is 64.2 Å². The molecule has 5 rings (SSSR count). The van der Waals surface area contributed by atoms with E-state index in [0.29, 0.717) is 63.4 Å². The number of fused-ring (bicyclic) bond motifs is 4. The zero-order chi connectivity index (χ0) is 48.6. The molecule has 66 heavy (non-hydrogen) atoms. The SMILES string of the molecule is COC1CC(CC2[C@H]3CCCN4C(=O)C(=O)C5(O)O[C@@H](CCC5C)C[C@H](OC)/C(C)=C/C=C/C=C/C(C)CC(C)C(=O)[C@H](OC)C(O)/C(C)=C/[C@@H](C)C(=O)C[C@@H]2OC(=O)C34)CCC1[PH](C)=O. The minimum atomic E-state index is -2.44. The fraction of sp³-hybridized carbons (Fsp3) is 0.745. The molecule has 0 aromatic heterocycles. The van der Waals surface area contributed by atoms with Crippen LogP contribution in [-0.2, 0) is 52.2 Å². The number of esters is 1. The summed E-state index contributed by atoms with van der Waals surface area (Å²) in [5.74, 6) is -8.40. The second-order valence-electron chi connectivity index (χ2n) is 20.2. The Kier molecular flexibility index (Phi) is 19.5. The first kappa shape index (κ1) is 53.8. The van der Waals surface area contributed by atoms with Crippen molar-refractivity contribution in [1.82, 2.24) is 4.90 Å². The van der Waals surface area contributed by atoms with E-state index in [0.717, 1.165) is 12.0 Å². The lowest BCUT2D eigenvalue weighted by Crippen LogP contribution is -2.65. The second-order valence-corrected chi connectivity index (χ2v) is 22.1. The van der Waals surface area contributed by atoms with E-state index < -0.39 is 91.5 Å². The van der Waals surface area contributed by atoms with Gasteiger partial charge in [-0.05, 0) is 107 Å². The standard InChI is InChI=1S/C51H78NO13P/c1-29-15-12-11-13-16-30(2)40(61-7)27-36-20-18-34(6)51(59,65-36)48(56)49(57)52-22-14-17-37-38(25-35-19-21-43(66(10)60)42(26-35)62-8)41(64-50(58)44(37)52)28-39(53)31(3)24-33(5)46(55)47(63-9)45(54)32(4)23-29/h11-13,15-16,24,29,31-32,34-38,40-44,46-47,55,59,66H,14,17-23,25-28H2,1-10H3/b13-11+,15-12+,30-16+,33-24+/t29?,31-,32?,34?,35?,36+,37-,38?,40+,41+,42?,43?,44?,46?,47+,51?/m1/s1. The van der Waals surface area contributed by atoms with Crippen LogP contribution in [0.3, 0.4) is 0 Å². The highest BCUT2D eigenvalue weighted by Crippen LogP contribution is 2.47. The van der Waals surface area contributed by atoms with Crippen LogP contribution in [0.4, 0.5) is 0 Å². The first-order chi connectivity index (χ1) is 31.2. The van der Waals surface area contributed by atoms with Crippen molar-refractivity contribution in [3.05, 3.63) is 47.6 Å². The number of carbonyl (C=O) groups is 5. The zero-order valence-corrected chi connectivity index (χ0v) is 41.9. The van der Waals surface area contributed by atoms with Gasteiger partial charge in [0.15, 0.2) is 5.78 Å². The number of rotatable bonds is 6. The van der Waals surface area contributed by atoms with Crippen LogP contribution in [0.1, 0.15) is 112 Å². The van der Waals surface area contributed by atoms with Crippen molar-refractivity contribution in [3.63, 3.8) is 0 Å². The largest absolute Gasteiger partial charge is 0.460 e. The Morgan fingerprint density at radius 3 is 2.27 bits per heavy atom. The van der Waals surface area contributed by atoms with E-state index in [4.69, 9.17) is 23.7 Å². The average molecular weight is 944 g/mol. The first-order valence-corrected chi connectivity index (χ1v) is 26.2. The van der Waals surface area contributed by atoms with Crippen molar-refractivity contribution in [2.24, 2.45) is 41.4 Å². The van der Waals surface area contributed by atoms with Gasteiger partial charge in [-0.25, -0.2) is 4.79 Å². The minimum Gasteiger partial charge on any atom is -0.460 e. The first-order valence-electron chi connectivity index (χ1n) is 24.2. The number of ether oxygens (including phenoxy) is 5. The maximum atomic E-state index is 14.5. The lowest BCUT2D eigenvalue weighted by molar-refractivity contribution is -0.266. The van der Waals surface area contributed by atoms with Gasteiger partial charge in [-0.3, -0.25) is 19.2 Å². The van der Waals surface area contributed by atoms with Crippen molar-refractivity contribution in [3.8, 4) is 0 Å². The molecule has 0 radical (unpaired) electrons. The maximum Gasteiger partial charge on any atom is 0.329 e. The summed E-state index contributed by atoms with van der Waals surface area (Å²) in [6.45, 7) is 12.6. The van der Waals surface area contributed by atoms with E-state index in [9.17, 15) is 38.8 Å². The highest BCUT2D eigenvalue weighted by atomic mass is 31.1. The molecule has 2 N–H and O–H groups in total. The van der Waals surface area contributed by atoms with Gasteiger partial charge in [0, 0.05) is 70.0 Å². The molecule has 4 heterocycles. The van der Waals surface area contributed by atoms with Crippen molar-refractivity contribution >= 4 is 37.0 Å². The Morgan fingerprint density at radius 1 is 0.879 bits per heavy atom. The summed E-state index contributed by atoms with van der Waals surface area (Å²) in [7, 11) is 2.72. The molecule has 370 valence electrons. The highest BCUT2D eigenvalue weighted by Gasteiger charge is 2.57. The third kappa shape index (κ3) is 12.6. The predicted molar refractivity (Wildman–Crippen MR) is 251 cm³/mol. The molecular formula is C51H78NO13P. The summed E-state index contributed by atoms with van der Waals surface area (Å²) in [5, 5.41) is 23.5. The molecule has 4 bridgehead atoms. The summed E-state index contributed by atoms with van der Waals surface area (Å²) in [6.07, 6.45) is 12.0. The molecule has 14 nitrogen and oxygen atoms in total. The number of nitrogens with zero attached hydrogens (tertiary/aromatic N) is 1. The van der Waals surface area contributed by atoms with Crippen LogP contribution in [0.5, 0.6) is 0 Å². The molecule has 4 aliphatic heterocycles. The molecule has 5 aliphatic rings. The third-order valence-corrected chi connectivity index (χ3v) is 17.2. The molecule has 1 amide bonds. The van der Waals surface area contributed by atoms with Crippen LogP contribution in [0.25, 0.3) is 0 Å². The number of hydrogen-bond donors (Lipinski definition) is 2. The lowest BCUT2D eigenvalue weighted by Gasteiger charge is -2.50. The maximum absolute atomic E-state index is 14.5. The van der Waals surface area contributed by atoms with Gasteiger partial charge in [0.25, 0.3) is 11.7 Å². The Hall–Kier alpha value is -3.10. The Morgan fingerprint density at radius 2 is 1.61 bits per heavy atom. The number of ketones is 3. The fourth-order valence-electron chi connectivity index (χ4n) is 11.4. The molecular weight excluding hydrogens is 866 g/mol. The Labute approximate surface area is 393 Å². The monoisotopic (exact) mass is 944 g/mol. The summed E-state index contributed by atoms with van der Waals surface area (Å²) in [4.78, 5) is 72.4. The van der Waals surface area contributed by atoms with Gasteiger partial charge < -0.3 is 43.4 Å². The topological polar surface area (TPSA) is 192 Å². The lowest BCUT2D eigenvalue weighted by atomic mass is 9.68. The van der Waals surface area contributed by atoms with Gasteiger partial charge in [0.05, 0.1) is 26.1 Å². The number of carbonyl (C=O) groups excluding carboxylic acids is 5. The fourth-order valence-corrected chi connectivity index (χ4v) is 12.8. The van der Waals surface area contributed by atoms with E-state index in [1.165, 1.54) is 12.0 Å². The van der Waals surface area contributed by atoms with Crippen molar-refractivity contribution in [2.45, 2.75) is 166 Å². The normalized spacial score (nSPS) is 42.7. The third-order valence-electron chi connectivity index (χ3n) is 15.5. The molecule has 4 fully saturated rings. The van der Waals surface area contributed by atoms with Gasteiger partial charge in [-0.15, -0.1) is 0 Å². The van der Waals surface area contributed by atoms with Crippen LogP contribution in [-0.4, -0.2) is 133 Å². The number of aliphatic hydroxyl groups is 2. The van der Waals surface area contributed by atoms with Crippen LogP contribution in [0.15, 0.2) is 47.6 Å². The van der Waals surface area contributed by atoms with Gasteiger partial charge in [0.1, 0.15) is 30.1 Å². The minimum absolute atomic E-state index is 0.0213. The molecule has 1 saturated carbocycles. The van der Waals surface area contributed by atoms with E-state index in [1.54, 1.807) is 47.7 Å². The van der Waals surface area contributed by atoms with Crippen molar-refractivity contribution < 1.29 is 62.4 Å². The number of allylic oxidation sites excluding steroid dienone is 6. The number of piperidine rings is 1. The van der Waals surface area contributed by atoms with E-state index in [1.807, 2.05) is 51.2 Å². The summed E-state index contributed by atoms with van der Waals surface area (Å²) in [6, 6.07) is -1.13. The number of amides is 1. The summed E-state index contributed by atoms with van der Waals surface area (Å²) < 4.78 is 42.4. The quantitative estimate of drug-likeness (QED) is 0.126. The van der Waals surface area contributed by atoms with Gasteiger partial charge in [-0.2, -0.15) is 0 Å². The Balaban J connectivity index is 1.51. The van der Waals surface area contributed by atoms with Crippen LogP contribution < -0.4 is 0 Å². The van der Waals surface area contributed by atoms with Crippen LogP contribution >= 0.6 is 7.80 Å². The number of methoxy groups -OCH3 is 3. The number of aliphatic hydroxyl groups excluding tert-OH is 1. The van der Waals surface area contributed by atoms with Gasteiger partial charge >= 0.3 is 5.97 Å². The van der Waals surface area contributed by atoms with Crippen LogP contribution in [0.2, 0.25) is 0 Å². The molecule has 15 heteroatoms. The highest BCUT2D eigenvalue weighted by molar-refractivity contribution is 7.44. The number of Topliss-reactive ketones (excluding diaryl/α,β-unsaturated/α-hetero) is 3. The van der Waals surface area contributed by atoms with E-state index in [-0.39, 0.29) is 54.0 Å². The smallest absolute Gasteiger partial charge is 0.329 e. The molecule has 0 spiro atoms. The zero-order valence-electron chi connectivity index (χ0n) is 40.9. The Bertz CT molecular complexity index is 1890. The van der Waals surface area contributed by atoms with Crippen molar-refractivity contribution in [1.29, 1.82) is 0 Å². The average Bonchev–Trinajstić information content (AvgIpc) is 3.29. The predicted octanol–water partition coefficient (Wildman–Crippen LogP) is 6.60. The van der Waals surface area contributed by atoms with Gasteiger partial charge in [0.2, 0.25) is 5.79 Å². The molecule has 1 aliphatic carbocycles. The van der Waals surface area contributed by atoms with E-state index >= 15 is 0 Å². The molecule has 17 atom stereocenters. The summed E-state index contributed by atoms with van der Waals surface area (Å²) >= 11 is 0. The molecule has 0 aromatic carbocycles. The van der Waals surface area contributed by atoms with E-state index in [2.05, 4.69) is 0 Å². The second kappa shape index (κ2) is 24.0. The molecule has 11 unspecified atom stereocenters.